The highest BCUT2D eigenvalue weighted by atomic mass is 35.5. The van der Waals surface area contributed by atoms with E-state index in [1.165, 1.54) is 25.6 Å². The number of nitrogens with one attached hydrogen (secondary N) is 2. The normalized spacial score (nSPS) is 10.4. The Balaban J connectivity index is 1.73. The fourth-order valence-electron chi connectivity index (χ4n) is 2.20. The standard InChI is InChI=1S/C18H13ClF2N4O2/c1-27-16-5-2-10(19)6-14(16)25-18(26)15-8-23-17(9-22-15)24-13-4-3-11(20)7-12(13)21/h2-9H,1H3,(H,23,24)(H,25,26). The van der Waals surface area contributed by atoms with Crippen LogP contribution in [0.5, 0.6) is 5.75 Å². The molecule has 0 bridgehead atoms. The molecule has 0 unspecified atom stereocenters. The minimum Gasteiger partial charge on any atom is -0.495 e. The molecule has 0 saturated carbocycles. The van der Waals surface area contributed by atoms with Crippen molar-refractivity contribution in [3.63, 3.8) is 0 Å². The van der Waals surface area contributed by atoms with Gasteiger partial charge < -0.3 is 15.4 Å². The second kappa shape index (κ2) is 7.96. The number of nitrogens with zero attached hydrogens (tertiary/aromatic N) is 2. The molecule has 0 aliphatic heterocycles. The zero-order chi connectivity index (χ0) is 19.4. The summed E-state index contributed by atoms with van der Waals surface area (Å²) in [5.41, 5.74) is 0.445. The maximum atomic E-state index is 13.7. The van der Waals surface area contributed by atoms with Crippen LogP contribution in [-0.2, 0) is 0 Å². The molecule has 3 rings (SSSR count). The van der Waals surface area contributed by atoms with Crippen LogP contribution in [0.4, 0.5) is 26.0 Å². The summed E-state index contributed by atoms with van der Waals surface area (Å²) in [5.74, 6) is -1.36. The van der Waals surface area contributed by atoms with Crippen LogP contribution >= 0.6 is 11.6 Å². The van der Waals surface area contributed by atoms with Gasteiger partial charge in [-0.25, -0.2) is 18.7 Å². The van der Waals surface area contributed by atoms with Crippen LogP contribution in [0.1, 0.15) is 10.5 Å². The van der Waals surface area contributed by atoms with E-state index < -0.39 is 17.5 Å². The van der Waals surface area contributed by atoms with Gasteiger partial charge >= 0.3 is 0 Å². The molecule has 3 aromatic rings. The first-order valence-electron chi connectivity index (χ1n) is 7.65. The van der Waals surface area contributed by atoms with Gasteiger partial charge in [-0.3, -0.25) is 4.79 Å². The van der Waals surface area contributed by atoms with Gasteiger partial charge in [0.1, 0.15) is 28.9 Å². The van der Waals surface area contributed by atoms with Gasteiger partial charge in [0.05, 0.1) is 30.9 Å². The molecule has 0 aliphatic carbocycles. The summed E-state index contributed by atoms with van der Waals surface area (Å²) in [6.07, 6.45) is 2.48. The molecule has 1 aromatic heterocycles. The van der Waals surface area contributed by atoms with Gasteiger partial charge in [-0.1, -0.05) is 11.6 Å². The molecule has 2 aromatic carbocycles. The molecule has 9 heteroatoms. The van der Waals surface area contributed by atoms with Crippen LogP contribution in [-0.4, -0.2) is 23.0 Å². The SMILES string of the molecule is COc1ccc(Cl)cc1NC(=O)c1cnc(Nc2ccc(F)cc2F)cn1. The molecular weight excluding hydrogens is 378 g/mol. The molecular formula is C18H13ClF2N4O2. The molecule has 0 atom stereocenters. The van der Waals surface area contributed by atoms with Crippen molar-refractivity contribution in [2.45, 2.75) is 0 Å². The molecule has 0 spiro atoms. The number of carbonyl (C=O) groups is 1. The predicted molar refractivity (Wildman–Crippen MR) is 97.6 cm³/mol. The average molecular weight is 391 g/mol. The monoisotopic (exact) mass is 390 g/mol. The number of methoxy groups -OCH3 is 1. The minimum atomic E-state index is -0.772. The summed E-state index contributed by atoms with van der Waals surface area (Å²) in [6, 6.07) is 7.88. The Morgan fingerprint density at radius 1 is 1.07 bits per heavy atom. The number of amides is 1. The number of halogens is 3. The Labute approximate surface area is 158 Å². The first-order valence-corrected chi connectivity index (χ1v) is 8.03. The Bertz CT molecular complexity index is 984. The number of hydrogen-bond donors (Lipinski definition) is 2. The van der Waals surface area contributed by atoms with Crippen molar-refractivity contribution in [1.29, 1.82) is 0 Å². The zero-order valence-electron chi connectivity index (χ0n) is 14.0. The summed E-state index contributed by atoms with van der Waals surface area (Å²) in [4.78, 5) is 20.3. The van der Waals surface area contributed by atoms with E-state index in [-0.39, 0.29) is 17.2 Å². The highest BCUT2D eigenvalue weighted by molar-refractivity contribution is 6.31. The summed E-state index contributed by atoms with van der Waals surface area (Å²) in [7, 11) is 1.47. The number of hydrogen-bond acceptors (Lipinski definition) is 5. The van der Waals surface area contributed by atoms with Crippen molar-refractivity contribution in [3.8, 4) is 5.75 Å². The van der Waals surface area contributed by atoms with Gasteiger partial charge in [-0.2, -0.15) is 0 Å². The molecule has 2 N–H and O–H groups in total. The Morgan fingerprint density at radius 2 is 1.89 bits per heavy atom. The Hall–Kier alpha value is -3.26. The smallest absolute Gasteiger partial charge is 0.275 e. The number of anilines is 3. The van der Waals surface area contributed by atoms with E-state index in [4.69, 9.17) is 16.3 Å². The maximum absolute atomic E-state index is 13.7. The van der Waals surface area contributed by atoms with Crippen LogP contribution in [0, 0.1) is 11.6 Å². The Kier molecular flexibility index (Phi) is 5.46. The van der Waals surface area contributed by atoms with Crippen LogP contribution in [0.25, 0.3) is 0 Å². The van der Waals surface area contributed by atoms with E-state index in [1.807, 2.05) is 0 Å². The van der Waals surface area contributed by atoms with Crippen molar-refractivity contribution < 1.29 is 18.3 Å². The first kappa shape index (κ1) is 18.5. The van der Waals surface area contributed by atoms with Gasteiger partial charge in [-0.05, 0) is 30.3 Å². The average Bonchev–Trinajstić information content (AvgIpc) is 2.65. The van der Waals surface area contributed by atoms with Gasteiger partial charge in [0.25, 0.3) is 5.91 Å². The fraction of sp³-hybridized carbons (Fsp3) is 0.0556. The predicted octanol–water partition coefficient (Wildman–Crippen LogP) is 4.41. The van der Waals surface area contributed by atoms with E-state index in [0.29, 0.717) is 16.5 Å². The number of benzene rings is 2. The van der Waals surface area contributed by atoms with Crippen molar-refractivity contribution >= 4 is 34.7 Å². The second-order valence-corrected chi connectivity index (χ2v) is 5.77. The molecule has 6 nitrogen and oxygen atoms in total. The van der Waals surface area contributed by atoms with E-state index in [0.717, 1.165) is 12.1 Å². The third-order valence-electron chi connectivity index (χ3n) is 3.49. The number of ether oxygens (including phenoxy) is 1. The number of rotatable bonds is 5. The molecule has 138 valence electrons. The van der Waals surface area contributed by atoms with Gasteiger partial charge in [0, 0.05) is 11.1 Å². The van der Waals surface area contributed by atoms with E-state index >= 15 is 0 Å². The van der Waals surface area contributed by atoms with E-state index in [9.17, 15) is 13.6 Å². The van der Waals surface area contributed by atoms with Crippen molar-refractivity contribution in [2.75, 3.05) is 17.7 Å². The first-order chi connectivity index (χ1) is 13.0. The topological polar surface area (TPSA) is 76.1 Å². The third-order valence-corrected chi connectivity index (χ3v) is 3.72. The molecule has 0 fully saturated rings. The molecule has 0 aliphatic rings. The largest absolute Gasteiger partial charge is 0.495 e. The van der Waals surface area contributed by atoms with Crippen LogP contribution < -0.4 is 15.4 Å². The zero-order valence-corrected chi connectivity index (χ0v) is 14.7. The second-order valence-electron chi connectivity index (χ2n) is 5.33. The lowest BCUT2D eigenvalue weighted by atomic mass is 10.2. The summed E-state index contributed by atoms with van der Waals surface area (Å²) < 4.78 is 31.7. The molecule has 0 saturated heterocycles. The highest BCUT2D eigenvalue weighted by Gasteiger charge is 2.13. The summed E-state index contributed by atoms with van der Waals surface area (Å²) in [6.45, 7) is 0. The van der Waals surface area contributed by atoms with Gasteiger partial charge in [0.2, 0.25) is 0 Å². The number of carbonyl (C=O) groups excluding carboxylic acids is 1. The van der Waals surface area contributed by atoms with E-state index in [1.54, 1.807) is 18.2 Å². The van der Waals surface area contributed by atoms with Crippen LogP contribution in [0.3, 0.4) is 0 Å². The summed E-state index contributed by atoms with van der Waals surface area (Å²) in [5, 5.41) is 5.72. The maximum Gasteiger partial charge on any atom is 0.275 e. The van der Waals surface area contributed by atoms with Gasteiger partial charge in [-0.15, -0.1) is 0 Å². The van der Waals surface area contributed by atoms with Gasteiger partial charge in [0.15, 0.2) is 0 Å². The lowest BCUT2D eigenvalue weighted by Gasteiger charge is -2.10. The lowest BCUT2D eigenvalue weighted by molar-refractivity contribution is 0.102. The molecule has 27 heavy (non-hydrogen) atoms. The summed E-state index contributed by atoms with van der Waals surface area (Å²) >= 11 is 5.93. The third kappa shape index (κ3) is 4.48. The molecule has 1 amide bonds. The Morgan fingerprint density at radius 3 is 2.56 bits per heavy atom. The molecule has 1 heterocycles. The lowest BCUT2D eigenvalue weighted by Crippen LogP contribution is -2.15. The highest BCUT2D eigenvalue weighted by Crippen LogP contribution is 2.28. The molecule has 0 radical (unpaired) electrons. The van der Waals surface area contributed by atoms with Crippen molar-refractivity contribution in [1.82, 2.24) is 9.97 Å². The quantitative estimate of drug-likeness (QED) is 0.674. The van der Waals surface area contributed by atoms with Crippen LogP contribution in [0.2, 0.25) is 5.02 Å². The van der Waals surface area contributed by atoms with Crippen molar-refractivity contribution in [2.24, 2.45) is 0 Å². The minimum absolute atomic E-state index is 0.0298. The number of aromatic nitrogens is 2. The van der Waals surface area contributed by atoms with Crippen molar-refractivity contribution in [3.05, 3.63) is 71.1 Å². The van der Waals surface area contributed by atoms with Crippen LogP contribution in [0.15, 0.2) is 48.8 Å². The fourth-order valence-corrected chi connectivity index (χ4v) is 2.38. The van der Waals surface area contributed by atoms with E-state index in [2.05, 4.69) is 20.6 Å².